The van der Waals surface area contributed by atoms with Gasteiger partial charge in [0.2, 0.25) is 0 Å². The highest BCUT2D eigenvalue weighted by molar-refractivity contribution is 5.94. The quantitative estimate of drug-likeness (QED) is 0.649. The third-order valence-corrected chi connectivity index (χ3v) is 2.62. The van der Waals surface area contributed by atoms with Crippen molar-refractivity contribution in [2.75, 3.05) is 33.8 Å². The van der Waals surface area contributed by atoms with Crippen molar-refractivity contribution < 1.29 is 14.3 Å². The zero-order valence-electron chi connectivity index (χ0n) is 10.3. The standard InChI is InChI=1S/C12H18N2O3/c1-5-10(15)11-8-14(6-7-17-11)9(2)12(16)13(3)4/h5,11H,1-2,6-8H2,3-4H3. The summed E-state index contributed by atoms with van der Waals surface area (Å²) in [6.07, 6.45) is 0.693. The molecule has 0 aliphatic carbocycles. The van der Waals surface area contributed by atoms with Gasteiger partial charge in [0.05, 0.1) is 18.8 Å². The number of nitrogens with zero attached hydrogens (tertiary/aromatic N) is 2. The Morgan fingerprint density at radius 2 is 2.12 bits per heavy atom. The van der Waals surface area contributed by atoms with E-state index in [-0.39, 0.29) is 11.7 Å². The van der Waals surface area contributed by atoms with Crippen molar-refractivity contribution in [2.45, 2.75) is 6.10 Å². The molecule has 0 bridgehead atoms. The van der Waals surface area contributed by atoms with Gasteiger partial charge < -0.3 is 14.5 Å². The van der Waals surface area contributed by atoms with Crippen LogP contribution in [-0.2, 0) is 14.3 Å². The molecule has 0 spiro atoms. The van der Waals surface area contributed by atoms with Gasteiger partial charge in [-0.1, -0.05) is 13.2 Å². The van der Waals surface area contributed by atoms with Gasteiger partial charge in [-0.05, 0) is 6.08 Å². The molecule has 1 saturated heterocycles. The van der Waals surface area contributed by atoms with Gasteiger partial charge in [-0.25, -0.2) is 0 Å². The number of hydrogen-bond acceptors (Lipinski definition) is 4. The van der Waals surface area contributed by atoms with E-state index in [1.807, 2.05) is 0 Å². The summed E-state index contributed by atoms with van der Waals surface area (Å²) in [7, 11) is 3.33. The van der Waals surface area contributed by atoms with Crippen LogP contribution in [0.15, 0.2) is 24.9 Å². The maximum Gasteiger partial charge on any atom is 0.268 e. The first-order chi connectivity index (χ1) is 7.97. The summed E-state index contributed by atoms with van der Waals surface area (Å²) >= 11 is 0. The summed E-state index contributed by atoms with van der Waals surface area (Å²) in [5, 5.41) is 0. The number of ketones is 1. The maximum absolute atomic E-state index is 11.7. The SMILES string of the molecule is C=CC(=O)C1CN(C(=C)C(=O)N(C)C)CCO1. The Morgan fingerprint density at radius 1 is 1.47 bits per heavy atom. The highest BCUT2D eigenvalue weighted by Gasteiger charge is 2.27. The van der Waals surface area contributed by atoms with Gasteiger partial charge in [0, 0.05) is 20.6 Å². The number of amides is 1. The molecule has 1 rings (SSSR count). The van der Waals surface area contributed by atoms with Crippen molar-refractivity contribution in [1.82, 2.24) is 9.80 Å². The summed E-state index contributed by atoms with van der Waals surface area (Å²) in [4.78, 5) is 26.4. The van der Waals surface area contributed by atoms with Crippen LogP contribution in [-0.4, -0.2) is 61.4 Å². The van der Waals surface area contributed by atoms with Crippen LogP contribution in [0.25, 0.3) is 0 Å². The molecular weight excluding hydrogens is 220 g/mol. The molecule has 5 heteroatoms. The monoisotopic (exact) mass is 238 g/mol. The highest BCUT2D eigenvalue weighted by Crippen LogP contribution is 2.13. The van der Waals surface area contributed by atoms with E-state index in [2.05, 4.69) is 13.2 Å². The Kier molecular flexibility index (Phi) is 4.45. The zero-order chi connectivity index (χ0) is 13.0. The van der Waals surface area contributed by atoms with Crippen molar-refractivity contribution in [3.05, 3.63) is 24.9 Å². The van der Waals surface area contributed by atoms with E-state index in [0.717, 1.165) is 0 Å². The van der Waals surface area contributed by atoms with Crippen LogP contribution in [0.5, 0.6) is 0 Å². The largest absolute Gasteiger partial charge is 0.366 e. The molecular formula is C12H18N2O3. The van der Waals surface area contributed by atoms with Crippen LogP contribution in [0.4, 0.5) is 0 Å². The number of morpholine rings is 1. The average Bonchev–Trinajstić information content (AvgIpc) is 2.36. The van der Waals surface area contributed by atoms with E-state index in [4.69, 9.17) is 4.74 Å². The van der Waals surface area contributed by atoms with E-state index >= 15 is 0 Å². The van der Waals surface area contributed by atoms with Crippen molar-refractivity contribution in [3.63, 3.8) is 0 Å². The molecule has 1 aliphatic heterocycles. The van der Waals surface area contributed by atoms with Crippen LogP contribution in [0.1, 0.15) is 0 Å². The second-order valence-electron chi connectivity index (χ2n) is 4.06. The first kappa shape index (κ1) is 13.4. The lowest BCUT2D eigenvalue weighted by atomic mass is 10.1. The van der Waals surface area contributed by atoms with Crippen LogP contribution in [0, 0.1) is 0 Å². The smallest absolute Gasteiger partial charge is 0.268 e. The fourth-order valence-corrected chi connectivity index (χ4v) is 1.59. The van der Waals surface area contributed by atoms with Crippen LogP contribution in [0.2, 0.25) is 0 Å². The Balaban J connectivity index is 2.66. The highest BCUT2D eigenvalue weighted by atomic mass is 16.5. The van der Waals surface area contributed by atoms with Gasteiger partial charge in [0.15, 0.2) is 5.78 Å². The third kappa shape index (κ3) is 3.17. The lowest BCUT2D eigenvalue weighted by Crippen LogP contribution is -2.47. The minimum absolute atomic E-state index is 0.156. The Morgan fingerprint density at radius 3 is 2.65 bits per heavy atom. The number of carbonyl (C=O) groups is 2. The molecule has 94 valence electrons. The van der Waals surface area contributed by atoms with Crippen LogP contribution >= 0.6 is 0 Å². The average molecular weight is 238 g/mol. The molecule has 0 aromatic carbocycles. The van der Waals surface area contributed by atoms with Crippen molar-refractivity contribution in [3.8, 4) is 0 Å². The number of likely N-dealkylation sites (N-methyl/N-ethyl adjacent to an activating group) is 1. The Bertz CT molecular complexity index is 350. The normalized spacial score (nSPS) is 19.6. The minimum atomic E-state index is -0.548. The van der Waals surface area contributed by atoms with Crippen LogP contribution < -0.4 is 0 Å². The zero-order valence-corrected chi connectivity index (χ0v) is 10.3. The fourth-order valence-electron chi connectivity index (χ4n) is 1.59. The van der Waals surface area contributed by atoms with E-state index in [9.17, 15) is 9.59 Å². The van der Waals surface area contributed by atoms with Gasteiger partial charge >= 0.3 is 0 Å². The summed E-state index contributed by atoms with van der Waals surface area (Å²) in [5.74, 6) is -0.323. The molecule has 1 atom stereocenters. The summed E-state index contributed by atoms with van der Waals surface area (Å²) < 4.78 is 5.32. The molecule has 1 unspecified atom stereocenters. The van der Waals surface area contributed by atoms with Gasteiger partial charge in [0.25, 0.3) is 5.91 Å². The molecule has 0 aromatic rings. The lowest BCUT2D eigenvalue weighted by Gasteiger charge is -2.34. The van der Waals surface area contributed by atoms with Gasteiger partial charge in [-0.15, -0.1) is 0 Å². The number of hydrogen-bond donors (Lipinski definition) is 0. The van der Waals surface area contributed by atoms with E-state index in [0.29, 0.717) is 25.4 Å². The maximum atomic E-state index is 11.7. The Labute approximate surface area is 101 Å². The number of rotatable bonds is 4. The molecule has 1 fully saturated rings. The summed E-state index contributed by atoms with van der Waals surface area (Å²) in [6.45, 7) is 8.51. The fraction of sp³-hybridized carbons (Fsp3) is 0.500. The topological polar surface area (TPSA) is 49.9 Å². The molecule has 0 radical (unpaired) electrons. The van der Waals surface area contributed by atoms with Crippen molar-refractivity contribution in [1.29, 1.82) is 0 Å². The summed E-state index contributed by atoms with van der Waals surface area (Å²) in [5.41, 5.74) is 0.389. The molecule has 1 aliphatic rings. The second kappa shape index (κ2) is 5.63. The first-order valence-corrected chi connectivity index (χ1v) is 5.40. The van der Waals surface area contributed by atoms with Crippen LogP contribution in [0.3, 0.4) is 0 Å². The predicted octanol–water partition coefficient (Wildman–Crippen LogP) is 0.0442. The molecule has 5 nitrogen and oxygen atoms in total. The minimum Gasteiger partial charge on any atom is -0.366 e. The Hall–Kier alpha value is -1.62. The molecule has 1 heterocycles. The van der Waals surface area contributed by atoms with Crippen molar-refractivity contribution >= 4 is 11.7 Å². The van der Waals surface area contributed by atoms with Gasteiger partial charge in [-0.3, -0.25) is 9.59 Å². The van der Waals surface area contributed by atoms with E-state index in [1.54, 1.807) is 19.0 Å². The first-order valence-electron chi connectivity index (χ1n) is 5.40. The van der Waals surface area contributed by atoms with Gasteiger partial charge in [-0.2, -0.15) is 0 Å². The lowest BCUT2D eigenvalue weighted by molar-refractivity contribution is -0.133. The van der Waals surface area contributed by atoms with Crippen molar-refractivity contribution in [2.24, 2.45) is 0 Å². The van der Waals surface area contributed by atoms with E-state index < -0.39 is 6.10 Å². The molecule has 1 amide bonds. The third-order valence-electron chi connectivity index (χ3n) is 2.62. The molecule has 0 aromatic heterocycles. The number of ether oxygens (including phenoxy) is 1. The molecule has 0 N–H and O–H groups in total. The summed E-state index contributed by atoms with van der Waals surface area (Å²) in [6, 6.07) is 0. The predicted molar refractivity (Wildman–Crippen MR) is 64.4 cm³/mol. The molecule has 17 heavy (non-hydrogen) atoms. The van der Waals surface area contributed by atoms with Gasteiger partial charge in [0.1, 0.15) is 6.10 Å². The van der Waals surface area contributed by atoms with E-state index in [1.165, 1.54) is 11.0 Å². The second-order valence-corrected chi connectivity index (χ2v) is 4.06. The molecule has 0 saturated carbocycles. The number of carbonyl (C=O) groups excluding carboxylic acids is 2.